The van der Waals surface area contributed by atoms with Gasteiger partial charge in [0.25, 0.3) is 0 Å². The van der Waals surface area contributed by atoms with E-state index in [1.54, 1.807) is 19.1 Å². The van der Waals surface area contributed by atoms with Crippen molar-refractivity contribution in [1.82, 2.24) is 4.57 Å². The van der Waals surface area contributed by atoms with Crippen LogP contribution in [0.1, 0.15) is 12.6 Å². The first-order valence-corrected chi connectivity index (χ1v) is 11.5. The van der Waals surface area contributed by atoms with E-state index < -0.39 is 14.9 Å². The van der Waals surface area contributed by atoms with Gasteiger partial charge in [0.1, 0.15) is 6.07 Å². The molecule has 0 spiro atoms. The molecular formula is C23H24N4O3S. The fourth-order valence-electron chi connectivity index (χ4n) is 4.07. The lowest BCUT2D eigenvalue weighted by molar-refractivity contribution is 0.122. The molecule has 3 aromatic rings. The Balaban J connectivity index is 1.71. The van der Waals surface area contributed by atoms with Crippen molar-refractivity contribution in [2.45, 2.75) is 6.92 Å². The largest absolute Gasteiger partial charge is 0.378 e. The highest BCUT2D eigenvalue weighted by Crippen LogP contribution is 2.31. The molecule has 1 aliphatic rings. The summed E-state index contributed by atoms with van der Waals surface area (Å²) in [5.41, 5.74) is 4.07. The third kappa shape index (κ3) is 4.08. The lowest BCUT2D eigenvalue weighted by Crippen LogP contribution is -2.36. The Kier molecular flexibility index (Phi) is 5.58. The van der Waals surface area contributed by atoms with Crippen molar-refractivity contribution in [1.29, 1.82) is 5.26 Å². The number of primary sulfonamides is 1. The number of allylic oxidation sites excluding steroid dienone is 2. The topological polar surface area (TPSA) is 101 Å². The van der Waals surface area contributed by atoms with Gasteiger partial charge in [0.05, 0.1) is 13.2 Å². The fraction of sp³-hybridized carbons (Fsp3) is 0.261. The zero-order valence-corrected chi connectivity index (χ0v) is 18.3. The van der Waals surface area contributed by atoms with Crippen molar-refractivity contribution in [3.8, 4) is 17.3 Å². The van der Waals surface area contributed by atoms with Crippen LogP contribution in [0.4, 0.5) is 5.69 Å². The Labute approximate surface area is 182 Å². The molecule has 4 rings (SSSR count). The number of benzene rings is 2. The molecule has 8 heteroatoms. The molecule has 1 fully saturated rings. The van der Waals surface area contributed by atoms with E-state index in [4.69, 9.17) is 9.88 Å². The van der Waals surface area contributed by atoms with Crippen LogP contribution in [0.2, 0.25) is 0 Å². The summed E-state index contributed by atoms with van der Waals surface area (Å²) in [6.07, 6.45) is 0. The van der Waals surface area contributed by atoms with Gasteiger partial charge in [-0.15, -0.1) is 0 Å². The summed E-state index contributed by atoms with van der Waals surface area (Å²) in [5.74, 6) is 0. The van der Waals surface area contributed by atoms with Gasteiger partial charge in [0.15, 0.2) is 4.91 Å². The van der Waals surface area contributed by atoms with Gasteiger partial charge < -0.3 is 14.2 Å². The normalized spacial score (nSPS) is 15.6. The van der Waals surface area contributed by atoms with Crippen molar-refractivity contribution in [2.75, 3.05) is 31.2 Å². The number of rotatable bonds is 4. The molecule has 2 heterocycles. The van der Waals surface area contributed by atoms with E-state index in [-0.39, 0.29) is 0 Å². The molecule has 2 aromatic carbocycles. The lowest BCUT2D eigenvalue weighted by atomic mass is 10.0. The van der Waals surface area contributed by atoms with Crippen LogP contribution < -0.4 is 10.0 Å². The number of hydrogen-bond acceptors (Lipinski definition) is 5. The third-order valence-electron chi connectivity index (χ3n) is 5.73. The molecule has 31 heavy (non-hydrogen) atoms. The number of morpholine rings is 1. The van der Waals surface area contributed by atoms with Crippen molar-refractivity contribution in [2.24, 2.45) is 12.2 Å². The van der Waals surface area contributed by atoms with E-state index >= 15 is 0 Å². The van der Waals surface area contributed by atoms with E-state index in [0.29, 0.717) is 11.3 Å². The maximum Gasteiger partial charge on any atom is 0.248 e. The molecule has 0 atom stereocenters. The lowest BCUT2D eigenvalue weighted by Gasteiger charge is -2.29. The van der Waals surface area contributed by atoms with Crippen LogP contribution in [0, 0.1) is 11.3 Å². The molecule has 160 valence electrons. The Bertz CT molecular complexity index is 1330. The summed E-state index contributed by atoms with van der Waals surface area (Å²) in [6.45, 7) is 4.88. The van der Waals surface area contributed by atoms with Gasteiger partial charge in [-0.1, -0.05) is 18.2 Å². The Morgan fingerprint density at radius 2 is 1.74 bits per heavy atom. The van der Waals surface area contributed by atoms with E-state index in [2.05, 4.69) is 41.3 Å². The van der Waals surface area contributed by atoms with Gasteiger partial charge in [-0.2, -0.15) is 5.26 Å². The first-order valence-electron chi connectivity index (χ1n) is 9.96. The number of aromatic nitrogens is 1. The predicted molar refractivity (Wildman–Crippen MR) is 123 cm³/mol. The summed E-state index contributed by atoms with van der Waals surface area (Å²) in [4.78, 5) is 1.91. The average Bonchev–Trinajstić information content (AvgIpc) is 3.14. The average molecular weight is 437 g/mol. The molecule has 1 saturated heterocycles. The second kappa shape index (κ2) is 8.19. The second-order valence-corrected chi connectivity index (χ2v) is 9.12. The molecule has 0 radical (unpaired) electrons. The number of anilines is 1. The number of ether oxygens (including phenoxy) is 1. The van der Waals surface area contributed by atoms with Gasteiger partial charge >= 0.3 is 0 Å². The van der Waals surface area contributed by atoms with Crippen molar-refractivity contribution >= 4 is 32.1 Å². The van der Waals surface area contributed by atoms with Crippen molar-refractivity contribution in [3.63, 3.8) is 0 Å². The number of fused-ring (bicyclic) bond motifs is 1. The monoisotopic (exact) mass is 436 g/mol. The standard InChI is InChI=1S/C23H24N4O3S/c1-16(23(15-24)31(25,28)29)21-7-8-22(26(21)2)19-4-3-18-14-20(6-5-17(18)13-19)27-9-11-30-12-10-27/h3-8,13-14H,9-12H2,1-2H3,(H2,25,28,29). The van der Waals surface area contributed by atoms with Gasteiger partial charge in [-0.25, -0.2) is 13.6 Å². The maximum atomic E-state index is 11.7. The zero-order chi connectivity index (χ0) is 22.2. The molecule has 1 aromatic heterocycles. The summed E-state index contributed by atoms with van der Waals surface area (Å²) in [6, 6.07) is 18.1. The van der Waals surface area contributed by atoms with E-state index in [0.717, 1.165) is 48.3 Å². The summed E-state index contributed by atoms with van der Waals surface area (Å²) in [5, 5.41) is 16.7. The fourth-order valence-corrected chi connectivity index (χ4v) is 4.72. The van der Waals surface area contributed by atoms with Gasteiger partial charge in [-0.05, 0) is 53.6 Å². The van der Waals surface area contributed by atoms with Crippen LogP contribution in [0.15, 0.2) is 53.4 Å². The zero-order valence-electron chi connectivity index (χ0n) is 17.5. The smallest absolute Gasteiger partial charge is 0.248 e. The summed E-state index contributed by atoms with van der Waals surface area (Å²) < 4.78 is 30.8. The highest BCUT2D eigenvalue weighted by molar-refractivity contribution is 7.93. The minimum atomic E-state index is -4.08. The minimum absolute atomic E-state index is 0.328. The maximum absolute atomic E-state index is 11.7. The molecule has 0 saturated carbocycles. The predicted octanol–water partition coefficient (Wildman–Crippen LogP) is 3.22. The number of nitriles is 1. The van der Waals surface area contributed by atoms with Crippen LogP contribution >= 0.6 is 0 Å². The quantitative estimate of drug-likeness (QED) is 0.633. The van der Waals surface area contributed by atoms with Crippen LogP contribution in [0.3, 0.4) is 0 Å². The molecule has 7 nitrogen and oxygen atoms in total. The molecular weight excluding hydrogens is 412 g/mol. The molecule has 0 amide bonds. The highest BCUT2D eigenvalue weighted by atomic mass is 32.2. The number of nitrogens with two attached hydrogens (primary N) is 1. The van der Waals surface area contributed by atoms with E-state index in [1.165, 1.54) is 5.69 Å². The SMILES string of the molecule is CC(=C(C#N)S(N)(=O)=O)c1ccc(-c2ccc3cc(N4CCOCC4)ccc3c2)n1C. The number of nitrogens with zero attached hydrogens (tertiary/aromatic N) is 3. The molecule has 1 aliphatic heterocycles. The van der Waals surface area contributed by atoms with Gasteiger partial charge in [0.2, 0.25) is 10.0 Å². The Morgan fingerprint density at radius 1 is 1.06 bits per heavy atom. The van der Waals surface area contributed by atoms with Crippen LogP contribution in [0.5, 0.6) is 0 Å². The highest BCUT2D eigenvalue weighted by Gasteiger charge is 2.19. The molecule has 0 bridgehead atoms. The number of sulfonamides is 1. The van der Waals surface area contributed by atoms with Crippen molar-refractivity contribution in [3.05, 3.63) is 59.1 Å². The molecule has 0 unspecified atom stereocenters. The first kappa shape index (κ1) is 21.1. The summed E-state index contributed by atoms with van der Waals surface area (Å²) >= 11 is 0. The first-order chi connectivity index (χ1) is 14.8. The van der Waals surface area contributed by atoms with Crippen molar-refractivity contribution < 1.29 is 13.2 Å². The van der Waals surface area contributed by atoms with Gasteiger partial charge in [-0.3, -0.25) is 0 Å². The van der Waals surface area contributed by atoms with E-state index in [1.807, 2.05) is 17.7 Å². The number of hydrogen-bond donors (Lipinski definition) is 1. The van der Waals surface area contributed by atoms with E-state index in [9.17, 15) is 13.7 Å². The van der Waals surface area contributed by atoms with Gasteiger partial charge in [0, 0.05) is 42.8 Å². The summed E-state index contributed by atoms with van der Waals surface area (Å²) in [7, 11) is -2.24. The molecule has 2 N–H and O–H groups in total. The second-order valence-electron chi connectivity index (χ2n) is 7.62. The van der Waals surface area contributed by atoms with Crippen LogP contribution in [0.25, 0.3) is 27.6 Å². The Hall–Kier alpha value is -3.12. The third-order valence-corrected chi connectivity index (χ3v) is 6.69. The van der Waals surface area contributed by atoms with Crippen LogP contribution in [-0.2, 0) is 21.8 Å². The molecule has 0 aliphatic carbocycles. The minimum Gasteiger partial charge on any atom is -0.378 e. The Morgan fingerprint density at radius 3 is 2.42 bits per heavy atom. The van der Waals surface area contributed by atoms with Crippen LogP contribution in [-0.4, -0.2) is 39.3 Å².